The van der Waals surface area contributed by atoms with Gasteiger partial charge < -0.3 is 10.5 Å². The molecule has 7 heteroatoms. The van der Waals surface area contributed by atoms with Crippen LogP contribution in [0, 0.1) is 13.8 Å². The smallest absolute Gasteiger partial charge is 0.328 e. The van der Waals surface area contributed by atoms with Gasteiger partial charge in [-0.3, -0.25) is 9.48 Å². The van der Waals surface area contributed by atoms with Gasteiger partial charge in [-0.05, 0) is 19.9 Å². The highest BCUT2D eigenvalue weighted by molar-refractivity contribution is 7.11. The third-order valence-electron chi connectivity index (χ3n) is 2.38. The number of thiazole rings is 1. The Kier molecular flexibility index (Phi) is 3.61. The van der Waals surface area contributed by atoms with E-state index in [0.29, 0.717) is 5.82 Å². The average Bonchev–Trinajstić information content (AvgIpc) is 2.84. The van der Waals surface area contributed by atoms with Crippen molar-refractivity contribution >= 4 is 23.1 Å². The highest BCUT2D eigenvalue weighted by Gasteiger charge is 2.08. The second-order valence-corrected chi connectivity index (χ2v) is 5.14. The summed E-state index contributed by atoms with van der Waals surface area (Å²) >= 11 is 1.54. The van der Waals surface area contributed by atoms with Crippen molar-refractivity contribution in [2.75, 3.05) is 5.73 Å². The summed E-state index contributed by atoms with van der Waals surface area (Å²) in [4.78, 5) is 17.0. The average molecular weight is 266 g/mol. The molecular weight excluding hydrogens is 252 g/mol. The van der Waals surface area contributed by atoms with E-state index >= 15 is 0 Å². The number of carbonyl (C=O) groups is 1. The van der Waals surface area contributed by atoms with Crippen LogP contribution in [0.5, 0.6) is 0 Å². The fourth-order valence-corrected chi connectivity index (χ4v) is 2.23. The Bertz CT molecular complexity index is 542. The number of nitrogens with zero attached hydrogens (tertiary/aromatic N) is 3. The number of nitrogen functional groups attached to an aromatic ring is 1. The van der Waals surface area contributed by atoms with Crippen LogP contribution >= 0.6 is 11.3 Å². The molecule has 0 aromatic carbocycles. The molecule has 6 nitrogen and oxygen atoms in total. The number of hydrogen-bond acceptors (Lipinski definition) is 6. The summed E-state index contributed by atoms with van der Waals surface area (Å²) in [6.45, 7) is 4.18. The van der Waals surface area contributed by atoms with E-state index in [0.717, 1.165) is 15.6 Å². The second-order valence-electron chi connectivity index (χ2n) is 3.85. The lowest BCUT2D eigenvalue weighted by Crippen LogP contribution is -2.14. The van der Waals surface area contributed by atoms with Gasteiger partial charge in [-0.1, -0.05) is 0 Å². The number of esters is 1. The fraction of sp³-hybridized carbons (Fsp3) is 0.364. The minimum Gasteiger partial charge on any atom is -0.457 e. The van der Waals surface area contributed by atoms with Crippen molar-refractivity contribution in [3.63, 3.8) is 0 Å². The maximum atomic E-state index is 11.5. The molecule has 0 aliphatic heterocycles. The minimum atomic E-state index is -0.358. The van der Waals surface area contributed by atoms with Gasteiger partial charge in [0.1, 0.15) is 24.0 Å². The SMILES string of the molecule is Cc1nc(COC(=O)Cn2ccc(N)n2)sc1C. The van der Waals surface area contributed by atoms with Gasteiger partial charge in [0.2, 0.25) is 0 Å². The van der Waals surface area contributed by atoms with E-state index < -0.39 is 0 Å². The molecular formula is C11H14N4O2S. The van der Waals surface area contributed by atoms with Crippen molar-refractivity contribution in [3.8, 4) is 0 Å². The standard InChI is InChI=1S/C11H14N4O2S/c1-7-8(2)18-10(13-7)6-17-11(16)5-15-4-3-9(12)14-15/h3-4H,5-6H2,1-2H3,(H2,12,14). The zero-order chi connectivity index (χ0) is 13.1. The van der Waals surface area contributed by atoms with Crippen LogP contribution in [-0.4, -0.2) is 20.7 Å². The van der Waals surface area contributed by atoms with Crippen LogP contribution in [0.3, 0.4) is 0 Å². The molecule has 18 heavy (non-hydrogen) atoms. The van der Waals surface area contributed by atoms with Gasteiger partial charge in [0.15, 0.2) is 0 Å². The number of rotatable bonds is 4. The van der Waals surface area contributed by atoms with Gasteiger partial charge in [-0.25, -0.2) is 4.98 Å². The second kappa shape index (κ2) is 5.18. The van der Waals surface area contributed by atoms with Crippen LogP contribution < -0.4 is 5.73 Å². The Morgan fingerprint density at radius 2 is 2.33 bits per heavy atom. The zero-order valence-corrected chi connectivity index (χ0v) is 11.0. The summed E-state index contributed by atoms with van der Waals surface area (Å²) in [6, 6.07) is 1.63. The summed E-state index contributed by atoms with van der Waals surface area (Å²) in [6.07, 6.45) is 1.63. The Labute approximate surface area is 108 Å². The normalized spacial score (nSPS) is 10.6. The quantitative estimate of drug-likeness (QED) is 0.843. The Balaban J connectivity index is 1.85. The summed E-state index contributed by atoms with van der Waals surface area (Å²) in [5.41, 5.74) is 6.42. The third-order valence-corrected chi connectivity index (χ3v) is 3.43. The molecule has 2 aromatic rings. The summed E-state index contributed by atoms with van der Waals surface area (Å²) in [7, 11) is 0. The van der Waals surface area contributed by atoms with E-state index in [1.54, 1.807) is 12.3 Å². The first-order valence-electron chi connectivity index (χ1n) is 5.42. The van der Waals surface area contributed by atoms with Crippen molar-refractivity contribution in [2.45, 2.75) is 27.0 Å². The number of aryl methyl sites for hydroxylation is 2. The molecule has 0 unspecified atom stereocenters. The third kappa shape index (κ3) is 3.07. The van der Waals surface area contributed by atoms with Crippen molar-refractivity contribution in [2.24, 2.45) is 0 Å². The van der Waals surface area contributed by atoms with Crippen molar-refractivity contribution < 1.29 is 9.53 Å². The van der Waals surface area contributed by atoms with Crippen LogP contribution in [0.2, 0.25) is 0 Å². The van der Waals surface area contributed by atoms with Gasteiger partial charge in [0.25, 0.3) is 0 Å². The molecule has 0 radical (unpaired) electrons. The highest BCUT2D eigenvalue weighted by atomic mass is 32.1. The molecule has 0 atom stereocenters. The van der Waals surface area contributed by atoms with E-state index in [1.165, 1.54) is 16.0 Å². The molecule has 0 aliphatic rings. The zero-order valence-electron chi connectivity index (χ0n) is 10.2. The number of anilines is 1. The Hall–Kier alpha value is -1.89. The summed E-state index contributed by atoms with van der Waals surface area (Å²) < 4.78 is 6.56. The van der Waals surface area contributed by atoms with Crippen LogP contribution in [0.25, 0.3) is 0 Å². The van der Waals surface area contributed by atoms with Gasteiger partial charge in [0.05, 0.1) is 5.69 Å². The van der Waals surface area contributed by atoms with Gasteiger partial charge in [-0.15, -0.1) is 11.3 Å². The first-order chi connectivity index (χ1) is 8.54. The van der Waals surface area contributed by atoms with E-state index in [-0.39, 0.29) is 19.1 Å². The predicted octanol–water partition coefficient (Wildman–Crippen LogP) is 1.28. The molecule has 0 spiro atoms. The van der Waals surface area contributed by atoms with Crippen LogP contribution in [0.15, 0.2) is 12.3 Å². The van der Waals surface area contributed by atoms with Gasteiger partial charge in [-0.2, -0.15) is 5.10 Å². The number of aromatic nitrogens is 3. The van der Waals surface area contributed by atoms with Crippen molar-refractivity contribution in [1.29, 1.82) is 0 Å². The van der Waals surface area contributed by atoms with E-state index in [9.17, 15) is 4.79 Å². The van der Waals surface area contributed by atoms with Crippen LogP contribution in [0.1, 0.15) is 15.6 Å². The predicted molar refractivity (Wildman–Crippen MR) is 68.0 cm³/mol. The highest BCUT2D eigenvalue weighted by Crippen LogP contribution is 2.17. The lowest BCUT2D eigenvalue weighted by molar-refractivity contribution is -0.145. The van der Waals surface area contributed by atoms with Crippen LogP contribution in [0.4, 0.5) is 5.82 Å². The molecule has 0 bridgehead atoms. The molecule has 2 heterocycles. The number of hydrogen-bond donors (Lipinski definition) is 1. The molecule has 96 valence electrons. The van der Waals surface area contributed by atoms with E-state index in [1.807, 2.05) is 13.8 Å². The van der Waals surface area contributed by atoms with E-state index in [2.05, 4.69) is 10.1 Å². The lowest BCUT2D eigenvalue weighted by atomic mass is 10.4. The van der Waals surface area contributed by atoms with E-state index in [4.69, 9.17) is 10.5 Å². The first kappa shape index (κ1) is 12.6. The summed E-state index contributed by atoms with van der Waals surface area (Å²) in [5.74, 6) is 0.0255. The molecule has 0 fully saturated rings. The molecule has 2 aromatic heterocycles. The van der Waals surface area contributed by atoms with Crippen molar-refractivity contribution in [3.05, 3.63) is 27.8 Å². The molecule has 0 amide bonds. The number of nitrogens with two attached hydrogens (primary N) is 1. The number of ether oxygens (including phenoxy) is 1. The monoisotopic (exact) mass is 266 g/mol. The first-order valence-corrected chi connectivity index (χ1v) is 6.23. The maximum absolute atomic E-state index is 11.5. The van der Waals surface area contributed by atoms with Crippen LogP contribution in [-0.2, 0) is 22.7 Å². The minimum absolute atomic E-state index is 0.0561. The maximum Gasteiger partial charge on any atom is 0.328 e. The fourth-order valence-electron chi connectivity index (χ4n) is 1.39. The lowest BCUT2D eigenvalue weighted by Gasteiger charge is -2.02. The topological polar surface area (TPSA) is 83.0 Å². The number of carbonyl (C=O) groups excluding carboxylic acids is 1. The Morgan fingerprint density at radius 3 is 2.89 bits per heavy atom. The summed E-state index contributed by atoms with van der Waals surface area (Å²) in [5, 5.41) is 4.71. The molecule has 2 N–H and O–H groups in total. The molecule has 0 aliphatic carbocycles. The van der Waals surface area contributed by atoms with Crippen molar-refractivity contribution in [1.82, 2.24) is 14.8 Å². The van der Waals surface area contributed by atoms with Gasteiger partial charge >= 0.3 is 5.97 Å². The molecule has 0 saturated heterocycles. The molecule has 2 rings (SSSR count). The Morgan fingerprint density at radius 1 is 1.56 bits per heavy atom. The van der Waals surface area contributed by atoms with Gasteiger partial charge in [0, 0.05) is 11.1 Å². The molecule has 0 saturated carbocycles. The largest absolute Gasteiger partial charge is 0.457 e.